The van der Waals surface area contributed by atoms with Gasteiger partial charge in [-0.25, -0.2) is 4.98 Å². The monoisotopic (exact) mass is 567 g/mol. The summed E-state index contributed by atoms with van der Waals surface area (Å²) in [4.78, 5) is 46.5. The van der Waals surface area contributed by atoms with Gasteiger partial charge in [-0.1, -0.05) is 48.9 Å². The number of nitrogens with one attached hydrogen (secondary N) is 2. The van der Waals surface area contributed by atoms with Gasteiger partial charge in [-0.2, -0.15) is 0 Å². The number of thiazole rings is 1. The van der Waals surface area contributed by atoms with Crippen LogP contribution in [0.4, 0.5) is 5.13 Å². The molecule has 4 rings (SSSR count). The fourth-order valence-corrected chi connectivity index (χ4v) is 5.45. The van der Waals surface area contributed by atoms with Gasteiger partial charge in [0, 0.05) is 48.2 Å². The molecule has 2 aromatic carbocycles. The molecule has 206 valence electrons. The predicted octanol–water partition coefficient (Wildman–Crippen LogP) is 4.61. The Morgan fingerprint density at radius 1 is 1.05 bits per heavy atom. The zero-order valence-corrected chi connectivity index (χ0v) is 23.6. The summed E-state index contributed by atoms with van der Waals surface area (Å²) in [7, 11) is 0. The molecule has 0 radical (unpaired) electrons. The number of benzene rings is 2. The lowest BCUT2D eigenvalue weighted by Crippen LogP contribution is -2.44. The minimum Gasteiger partial charge on any atom is -0.353 e. The van der Waals surface area contributed by atoms with Crippen molar-refractivity contribution in [2.75, 3.05) is 31.5 Å². The molecule has 3 amide bonds. The fraction of sp³-hybridized carbons (Fsp3) is 0.379. The molecule has 0 aliphatic carbocycles. The van der Waals surface area contributed by atoms with Crippen molar-refractivity contribution in [2.24, 2.45) is 0 Å². The Morgan fingerprint density at radius 2 is 1.77 bits per heavy atom. The Morgan fingerprint density at radius 3 is 2.46 bits per heavy atom. The summed E-state index contributed by atoms with van der Waals surface area (Å²) < 4.78 is 0. The Kier molecular flexibility index (Phi) is 10.5. The van der Waals surface area contributed by atoms with Gasteiger partial charge in [-0.3, -0.25) is 19.3 Å². The summed E-state index contributed by atoms with van der Waals surface area (Å²) in [6.45, 7) is 5.13. The second-order valence-electron chi connectivity index (χ2n) is 9.71. The van der Waals surface area contributed by atoms with E-state index in [2.05, 4.69) is 44.8 Å². The quantitative estimate of drug-likeness (QED) is 0.353. The van der Waals surface area contributed by atoms with Crippen LogP contribution < -0.4 is 10.6 Å². The van der Waals surface area contributed by atoms with Gasteiger partial charge in [0.1, 0.15) is 6.54 Å². The van der Waals surface area contributed by atoms with E-state index in [1.54, 1.807) is 29.6 Å². The third kappa shape index (κ3) is 8.88. The van der Waals surface area contributed by atoms with Gasteiger partial charge in [0.2, 0.25) is 11.8 Å². The molecule has 1 aliphatic heterocycles. The summed E-state index contributed by atoms with van der Waals surface area (Å²) in [5.41, 5.74) is 2.39. The van der Waals surface area contributed by atoms with E-state index in [-0.39, 0.29) is 36.7 Å². The van der Waals surface area contributed by atoms with E-state index >= 15 is 0 Å². The smallest absolute Gasteiger partial charge is 0.254 e. The second kappa shape index (κ2) is 14.2. The van der Waals surface area contributed by atoms with E-state index in [1.165, 1.54) is 21.8 Å². The molecule has 1 aromatic heterocycles. The van der Waals surface area contributed by atoms with Crippen LogP contribution in [0, 0.1) is 0 Å². The maximum absolute atomic E-state index is 12.9. The first-order valence-corrected chi connectivity index (χ1v) is 14.5. The van der Waals surface area contributed by atoms with Crippen molar-refractivity contribution in [3.8, 4) is 0 Å². The average molecular weight is 568 g/mol. The van der Waals surface area contributed by atoms with Crippen molar-refractivity contribution in [3.63, 3.8) is 0 Å². The Hall–Kier alpha value is -3.27. The van der Waals surface area contributed by atoms with Gasteiger partial charge in [0.25, 0.3) is 5.91 Å². The summed E-state index contributed by atoms with van der Waals surface area (Å²) in [5.74, 6) is -0.633. The fourth-order valence-electron chi connectivity index (χ4n) is 4.60. The normalized spacial score (nSPS) is 14.1. The van der Waals surface area contributed by atoms with Crippen LogP contribution in [0.25, 0.3) is 0 Å². The van der Waals surface area contributed by atoms with Gasteiger partial charge in [0.15, 0.2) is 5.13 Å². The Bertz CT molecular complexity index is 1240. The van der Waals surface area contributed by atoms with Crippen molar-refractivity contribution < 1.29 is 14.4 Å². The topological polar surface area (TPSA) is 94.6 Å². The zero-order valence-electron chi connectivity index (χ0n) is 22.1. The largest absolute Gasteiger partial charge is 0.353 e. The van der Waals surface area contributed by atoms with Gasteiger partial charge in [-0.15, -0.1) is 11.3 Å². The van der Waals surface area contributed by atoms with E-state index in [4.69, 9.17) is 11.6 Å². The molecule has 0 saturated carbocycles. The van der Waals surface area contributed by atoms with Crippen LogP contribution in [0.2, 0.25) is 5.02 Å². The number of hydrogen-bond donors (Lipinski definition) is 2. The molecular formula is C29H34ClN5O3S. The molecule has 0 spiro atoms. The first-order chi connectivity index (χ1) is 18.9. The SMILES string of the molecule is CCCN(CC(=O)Nc1nc(CC(=O)NC2CCN(Cc3ccccc3)CC2)cs1)C(=O)c1ccc(Cl)cc1. The first-order valence-electron chi connectivity index (χ1n) is 13.2. The molecule has 10 heteroatoms. The molecule has 1 aliphatic rings. The highest BCUT2D eigenvalue weighted by molar-refractivity contribution is 7.13. The Balaban J connectivity index is 1.21. The number of hydrogen-bond acceptors (Lipinski definition) is 6. The van der Waals surface area contributed by atoms with Gasteiger partial charge >= 0.3 is 0 Å². The lowest BCUT2D eigenvalue weighted by atomic mass is 10.0. The molecule has 8 nitrogen and oxygen atoms in total. The average Bonchev–Trinajstić information content (AvgIpc) is 3.36. The van der Waals surface area contributed by atoms with E-state index < -0.39 is 0 Å². The number of aromatic nitrogens is 1. The summed E-state index contributed by atoms with van der Waals surface area (Å²) in [5, 5.41) is 8.63. The standard InChI is InChI=1S/C29H34ClN5O3S/c1-2-14-35(28(38)22-8-10-23(30)11-9-22)19-27(37)33-29-32-25(20-39-29)17-26(36)31-24-12-15-34(16-13-24)18-21-6-4-3-5-7-21/h3-11,20,24H,2,12-19H2,1H3,(H,31,36)(H,32,33,37). The number of rotatable bonds is 11. The third-order valence-corrected chi connectivity index (χ3v) is 7.61. The molecule has 2 N–H and O–H groups in total. The predicted molar refractivity (Wildman–Crippen MR) is 155 cm³/mol. The zero-order chi connectivity index (χ0) is 27.6. The minimum absolute atomic E-state index is 0.0673. The first kappa shape index (κ1) is 28.7. The lowest BCUT2D eigenvalue weighted by Gasteiger charge is -2.32. The van der Waals surface area contributed by atoms with Gasteiger partial charge in [0.05, 0.1) is 12.1 Å². The van der Waals surface area contributed by atoms with Crippen LogP contribution in [0.15, 0.2) is 60.0 Å². The molecule has 0 atom stereocenters. The highest BCUT2D eigenvalue weighted by Gasteiger charge is 2.22. The number of amides is 3. The van der Waals surface area contributed by atoms with Crippen LogP contribution in [-0.2, 0) is 22.6 Å². The molecular weight excluding hydrogens is 534 g/mol. The van der Waals surface area contributed by atoms with Crippen LogP contribution in [0.1, 0.15) is 47.8 Å². The summed E-state index contributed by atoms with van der Waals surface area (Å²) in [6.07, 6.45) is 2.71. The molecule has 0 unspecified atom stereocenters. The van der Waals surface area contributed by atoms with Gasteiger partial charge in [-0.05, 0) is 49.1 Å². The number of nitrogens with zero attached hydrogens (tertiary/aromatic N) is 3. The van der Waals surface area contributed by atoms with E-state index in [1.807, 2.05) is 13.0 Å². The second-order valence-corrected chi connectivity index (χ2v) is 11.0. The van der Waals surface area contributed by atoms with E-state index in [0.717, 1.165) is 38.9 Å². The summed E-state index contributed by atoms with van der Waals surface area (Å²) in [6, 6.07) is 17.2. The molecule has 39 heavy (non-hydrogen) atoms. The van der Waals surface area contributed by atoms with Crippen molar-refractivity contribution >= 4 is 45.8 Å². The number of halogens is 1. The van der Waals surface area contributed by atoms with Crippen molar-refractivity contribution in [1.82, 2.24) is 20.1 Å². The van der Waals surface area contributed by atoms with E-state index in [9.17, 15) is 14.4 Å². The maximum atomic E-state index is 12.9. The molecule has 3 aromatic rings. The van der Waals surface area contributed by atoms with Crippen molar-refractivity contribution in [3.05, 3.63) is 81.8 Å². The lowest BCUT2D eigenvalue weighted by molar-refractivity contribution is -0.121. The highest BCUT2D eigenvalue weighted by atomic mass is 35.5. The van der Waals surface area contributed by atoms with Crippen LogP contribution >= 0.6 is 22.9 Å². The number of anilines is 1. The van der Waals surface area contributed by atoms with Crippen LogP contribution in [0.5, 0.6) is 0 Å². The van der Waals surface area contributed by atoms with Crippen LogP contribution in [-0.4, -0.2) is 64.7 Å². The van der Waals surface area contributed by atoms with E-state index in [0.29, 0.717) is 28.0 Å². The Labute approximate surface area is 238 Å². The molecule has 1 saturated heterocycles. The highest BCUT2D eigenvalue weighted by Crippen LogP contribution is 2.18. The summed E-state index contributed by atoms with van der Waals surface area (Å²) >= 11 is 7.19. The van der Waals surface area contributed by atoms with Crippen molar-refractivity contribution in [1.29, 1.82) is 0 Å². The number of carbonyl (C=O) groups is 3. The number of likely N-dealkylation sites (tertiary alicyclic amines) is 1. The van der Waals surface area contributed by atoms with Crippen molar-refractivity contribution in [2.45, 2.75) is 45.2 Å². The third-order valence-electron chi connectivity index (χ3n) is 6.55. The minimum atomic E-state index is -0.335. The number of piperidine rings is 1. The molecule has 0 bridgehead atoms. The maximum Gasteiger partial charge on any atom is 0.254 e. The molecule has 2 heterocycles. The van der Waals surface area contributed by atoms with Gasteiger partial charge < -0.3 is 15.5 Å². The number of carbonyl (C=O) groups excluding carboxylic acids is 3. The molecule has 1 fully saturated rings. The van der Waals surface area contributed by atoms with Crippen LogP contribution in [0.3, 0.4) is 0 Å².